The average Bonchev–Trinajstić information content (AvgIpc) is 2.58. The lowest BCUT2D eigenvalue weighted by molar-refractivity contribution is 0.213. The van der Waals surface area contributed by atoms with E-state index in [1.54, 1.807) is 26.4 Å². The first kappa shape index (κ1) is 19.4. The zero-order valence-corrected chi connectivity index (χ0v) is 16.1. The van der Waals surface area contributed by atoms with Crippen LogP contribution in [-0.4, -0.2) is 25.9 Å². The van der Waals surface area contributed by atoms with Gasteiger partial charge in [-0.2, -0.15) is 0 Å². The molecule has 0 aliphatic carbocycles. The van der Waals surface area contributed by atoms with E-state index in [1.807, 2.05) is 24.3 Å². The van der Waals surface area contributed by atoms with Crippen LogP contribution in [0.2, 0.25) is 5.02 Å². The molecule has 2 aromatic rings. The zero-order chi connectivity index (χ0) is 18.6. The van der Waals surface area contributed by atoms with Crippen LogP contribution in [0, 0.1) is 5.41 Å². The first-order chi connectivity index (χ1) is 11.8. The fourth-order valence-corrected chi connectivity index (χ4v) is 2.76. The molecule has 0 saturated carbocycles. The summed E-state index contributed by atoms with van der Waals surface area (Å²) in [6.07, 6.45) is -0.897. The minimum atomic E-state index is -0.897. The number of aliphatic hydroxyl groups excluding tert-OH is 1. The third-order valence-corrected chi connectivity index (χ3v) is 4.08. The predicted molar refractivity (Wildman–Crippen MR) is 103 cm³/mol. The van der Waals surface area contributed by atoms with Gasteiger partial charge in [0.2, 0.25) is 0 Å². The van der Waals surface area contributed by atoms with Gasteiger partial charge in [-0.05, 0) is 29.7 Å². The number of benzene rings is 2. The number of methoxy groups -OCH3 is 2. The van der Waals surface area contributed by atoms with Crippen LogP contribution in [0.3, 0.4) is 0 Å². The van der Waals surface area contributed by atoms with Crippen molar-refractivity contribution in [3.8, 4) is 11.5 Å². The van der Waals surface area contributed by atoms with Crippen LogP contribution < -0.4 is 14.8 Å². The molecule has 5 heteroatoms. The summed E-state index contributed by atoms with van der Waals surface area (Å²) in [7, 11) is 3.13. The van der Waals surface area contributed by atoms with Crippen molar-refractivity contribution in [2.24, 2.45) is 5.41 Å². The molecule has 4 nitrogen and oxygen atoms in total. The molecule has 0 heterocycles. The highest BCUT2D eigenvalue weighted by molar-refractivity contribution is 6.30. The Balaban J connectivity index is 2.45. The Morgan fingerprint density at radius 2 is 1.80 bits per heavy atom. The van der Waals surface area contributed by atoms with E-state index in [9.17, 15) is 5.11 Å². The molecular weight excluding hydrogens is 338 g/mol. The third kappa shape index (κ3) is 4.80. The van der Waals surface area contributed by atoms with Crippen LogP contribution in [0.1, 0.15) is 38.0 Å². The van der Waals surface area contributed by atoms with Crippen molar-refractivity contribution < 1.29 is 14.6 Å². The Labute approximate surface area is 154 Å². The number of aliphatic hydroxyl groups is 1. The summed E-state index contributed by atoms with van der Waals surface area (Å²) >= 11 is 6.18. The topological polar surface area (TPSA) is 50.7 Å². The van der Waals surface area contributed by atoms with Crippen LogP contribution in [0.25, 0.3) is 0 Å². The Kier molecular flexibility index (Phi) is 6.20. The number of nitrogens with one attached hydrogen (secondary N) is 1. The van der Waals surface area contributed by atoms with Crippen LogP contribution in [0.5, 0.6) is 11.5 Å². The van der Waals surface area contributed by atoms with Crippen molar-refractivity contribution in [3.05, 3.63) is 52.5 Å². The van der Waals surface area contributed by atoms with Crippen LogP contribution >= 0.6 is 11.6 Å². The summed E-state index contributed by atoms with van der Waals surface area (Å²) < 4.78 is 10.8. The summed E-state index contributed by atoms with van der Waals surface area (Å²) in [5.41, 5.74) is 2.28. The molecule has 0 bridgehead atoms. The van der Waals surface area contributed by atoms with Crippen LogP contribution in [0.4, 0.5) is 5.69 Å². The molecule has 1 atom stereocenters. The first-order valence-electron chi connectivity index (χ1n) is 8.19. The standard InChI is InChI=1S/C20H26ClNO3/c1-20(2,3)12-22-16-10-9-13(21)11-15(16)18(23)14-7-6-8-17(24-4)19(14)25-5/h6-11,18,22-23H,12H2,1-5H3. The summed E-state index contributed by atoms with van der Waals surface area (Å²) in [6.45, 7) is 7.22. The smallest absolute Gasteiger partial charge is 0.166 e. The van der Waals surface area contributed by atoms with Crippen molar-refractivity contribution >= 4 is 17.3 Å². The second-order valence-corrected chi connectivity index (χ2v) is 7.57. The summed E-state index contributed by atoms with van der Waals surface area (Å²) in [6, 6.07) is 10.9. The number of anilines is 1. The predicted octanol–water partition coefficient (Wildman–Crippen LogP) is 4.90. The molecule has 0 aliphatic rings. The van der Waals surface area contributed by atoms with Crippen LogP contribution in [0.15, 0.2) is 36.4 Å². The monoisotopic (exact) mass is 363 g/mol. The molecule has 2 N–H and O–H groups in total. The second kappa shape index (κ2) is 7.98. The lowest BCUT2D eigenvalue weighted by Crippen LogP contribution is -2.20. The molecule has 0 amide bonds. The van der Waals surface area contributed by atoms with E-state index >= 15 is 0 Å². The lowest BCUT2D eigenvalue weighted by Gasteiger charge is -2.24. The number of ether oxygens (including phenoxy) is 2. The molecule has 2 aromatic carbocycles. The van der Waals surface area contributed by atoms with Gasteiger partial charge in [-0.3, -0.25) is 0 Å². The highest BCUT2D eigenvalue weighted by Crippen LogP contribution is 2.39. The van der Waals surface area contributed by atoms with E-state index in [0.29, 0.717) is 27.6 Å². The number of hydrogen-bond acceptors (Lipinski definition) is 4. The molecule has 0 fully saturated rings. The average molecular weight is 364 g/mol. The van der Waals surface area contributed by atoms with Crippen molar-refractivity contribution in [2.75, 3.05) is 26.1 Å². The number of hydrogen-bond donors (Lipinski definition) is 2. The lowest BCUT2D eigenvalue weighted by atomic mass is 9.95. The largest absolute Gasteiger partial charge is 0.493 e. The molecule has 25 heavy (non-hydrogen) atoms. The molecule has 1 unspecified atom stereocenters. The van der Waals surface area contributed by atoms with Gasteiger partial charge in [0.15, 0.2) is 11.5 Å². The molecule has 0 saturated heterocycles. The van der Waals surface area contributed by atoms with Gasteiger partial charge in [0.25, 0.3) is 0 Å². The van der Waals surface area contributed by atoms with Gasteiger partial charge in [0.1, 0.15) is 6.10 Å². The van der Waals surface area contributed by atoms with Crippen molar-refractivity contribution in [2.45, 2.75) is 26.9 Å². The Morgan fingerprint density at radius 3 is 2.40 bits per heavy atom. The molecule has 0 aliphatic heterocycles. The molecule has 0 aromatic heterocycles. The summed E-state index contributed by atoms with van der Waals surface area (Å²) in [5.74, 6) is 1.09. The van der Waals surface area contributed by atoms with Crippen molar-refractivity contribution in [3.63, 3.8) is 0 Å². The van der Waals surface area contributed by atoms with Gasteiger partial charge in [-0.15, -0.1) is 0 Å². The van der Waals surface area contributed by atoms with Crippen molar-refractivity contribution in [1.29, 1.82) is 0 Å². The Morgan fingerprint density at radius 1 is 1.08 bits per heavy atom. The minimum absolute atomic E-state index is 0.107. The molecule has 0 radical (unpaired) electrons. The zero-order valence-electron chi connectivity index (χ0n) is 15.4. The number of halogens is 1. The molecule has 0 spiro atoms. The summed E-state index contributed by atoms with van der Waals surface area (Å²) in [4.78, 5) is 0. The number of para-hydroxylation sites is 1. The maximum atomic E-state index is 11.0. The maximum Gasteiger partial charge on any atom is 0.166 e. The first-order valence-corrected chi connectivity index (χ1v) is 8.57. The molecule has 136 valence electrons. The quantitative estimate of drug-likeness (QED) is 0.766. The van der Waals surface area contributed by atoms with E-state index in [1.165, 1.54) is 0 Å². The highest BCUT2D eigenvalue weighted by atomic mass is 35.5. The number of rotatable bonds is 6. The van der Waals surface area contributed by atoms with E-state index in [-0.39, 0.29) is 5.41 Å². The maximum absolute atomic E-state index is 11.0. The normalized spacial score (nSPS) is 12.6. The van der Waals surface area contributed by atoms with Gasteiger partial charge < -0.3 is 19.9 Å². The Hall–Kier alpha value is -1.91. The van der Waals surface area contributed by atoms with Crippen molar-refractivity contribution in [1.82, 2.24) is 0 Å². The SMILES string of the molecule is COc1cccc(C(O)c2cc(Cl)ccc2NCC(C)(C)C)c1OC. The van der Waals surface area contributed by atoms with Gasteiger partial charge in [-0.25, -0.2) is 0 Å². The van der Waals surface area contributed by atoms with E-state index in [4.69, 9.17) is 21.1 Å². The fraction of sp³-hybridized carbons (Fsp3) is 0.400. The van der Waals surface area contributed by atoms with E-state index < -0.39 is 6.10 Å². The van der Waals surface area contributed by atoms with Gasteiger partial charge in [-0.1, -0.05) is 44.5 Å². The van der Waals surface area contributed by atoms with Gasteiger partial charge in [0.05, 0.1) is 14.2 Å². The Bertz CT molecular complexity index is 725. The minimum Gasteiger partial charge on any atom is -0.493 e. The third-order valence-electron chi connectivity index (χ3n) is 3.85. The van der Waals surface area contributed by atoms with E-state index in [0.717, 1.165) is 12.2 Å². The van der Waals surface area contributed by atoms with Crippen LogP contribution in [-0.2, 0) is 0 Å². The molecule has 2 rings (SSSR count). The highest BCUT2D eigenvalue weighted by Gasteiger charge is 2.22. The van der Waals surface area contributed by atoms with Gasteiger partial charge in [0, 0.05) is 28.4 Å². The molecular formula is C20H26ClNO3. The van der Waals surface area contributed by atoms with E-state index in [2.05, 4.69) is 26.1 Å². The summed E-state index contributed by atoms with van der Waals surface area (Å²) in [5, 5.41) is 15.0. The fourth-order valence-electron chi connectivity index (χ4n) is 2.58. The second-order valence-electron chi connectivity index (χ2n) is 7.13. The van der Waals surface area contributed by atoms with Gasteiger partial charge >= 0.3 is 0 Å².